The van der Waals surface area contributed by atoms with E-state index >= 15 is 0 Å². The highest BCUT2D eigenvalue weighted by Crippen LogP contribution is 2.35. The minimum atomic E-state index is -0.717. The number of ether oxygens (including phenoxy) is 1. The van der Waals surface area contributed by atoms with Crippen LogP contribution < -0.4 is 0 Å². The minimum absolute atomic E-state index is 0.131. The van der Waals surface area contributed by atoms with Crippen LogP contribution in [0, 0.1) is 17.8 Å². The van der Waals surface area contributed by atoms with Gasteiger partial charge in [-0.1, -0.05) is 57.5 Å². The Kier molecular flexibility index (Phi) is 5.16. The molecule has 1 aliphatic rings. The molecule has 21 heavy (non-hydrogen) atoms. The molecule has 0 N–H and O–H groups in total. The maximum absolute atomic E-state index is 12.1. The molecule has 114 valence electrons. The molecule has 3 atom stereocenters. The van der Waals surface area contributed by atoms with E-state index in [4.69, 9.17) is 4.74 Å². The Morgan fingerprint density at radius 3 is 2.43 bits per heavy atom. The molecular formula is C18H24O3. The Labute approximate surface area is 126 Å². The van der Waals surface area contributed by atoms with Crippen LogP contribution in [0.1, 0.15) is 50.4 Å². The molecule has 3 heteroatoms. The Morgan fingerprint density at radius 1 is 1.14 bits per heavy atom. The van der Waals surface area contributed by atoms with Crippen LogP contribution in [0.2, 0.25) is 0 Å². The SMILES string of the molecule is CC(C)[C@H]1CC[C@H](C)C[C@H]1OC(=O)C(=O)c1ccccc1. The smallest absolute Gasteiger partial charge is 0.379 e. The lowest BCUT2D eigenvalue weighted by atomic mass is 9.75. The molecule has 1 aliphatic carbocycles. The van der Waals surface area contributed by atoms with Gasteiger partial charge in [0.15, 0.2) is 0 Å². The second-order valence-corrected chi connectivity index (χ2v) is 6.47. The molecule has 0 radical (unpaired) electrons. The molecule has 0 unspecified atom stereocenters. The average molecular weight is 288 g/mol. The minimum Gasteiger partial charge on any atom is -0.456 e. The predicted molar refractivity (Wildman–Crippen MR) is 82.0 cm³/mol. The second kappa shape index (κ2) is 6.88. The van der Waals surface area contributed by atoms with Gasteiger partial charge in [-0.25, -0.2) is 4.79 Å². The average Bonchev–Trinajstić information content (AvgIpc) is 2.47. The molecule has 0 aliphatic heterocycles. The molecule has 0 bridgehead atoms. The van der Waals surface area contributed by atoms with Crippen molar-refractivity contribution in [3.05, 3.63) is 35.9 Å². The zero-order valence-electron chi connectivity index (χ0n) is 13.0. The van der Waals surface area contributed by atoms with Gasteiger partial charge in [-0.05, 0) is 30.6 Å². The Bertz CT molecular complexity index is 492. The Morgan fingerprint density at radius 2 is 1.81 bits per heavy atom. The van der Waals surface area contributed by atoms with Gasteiger partial charge < -0.3 is 4.74 Å². The Balaban J connectivity index is 2.04. The summed E-state index contributed by atoms with van der Waals surface area (Å²) in [5, 5.41) is 0. The van der Waals surface area contributed by atoms with E-state index in [1.54, 1.807) is 24.3 Å². The normalized spacial score (nSPS) is 25.6. The quantitative estimate of drug-likeness (QED) is 0.480. The summed E-state index contributed by atoms with van der Waals surface area (Å²) in [6.45, 7) is 6.48. The van der Waals surface area contributed by atoms with Crippen LogP contribution in [0.25, 0.3) is 0 Å². The summed E-state index contributed by atoms with van der Waals surface area (Å²) >= 11 is 0. The van der Waals surface area contributed by atoms with Crippen LogP contribution >= 0.6 is 0 Å². The van der Waals surface area contributed by atoms with Gasteiger partial charge >= 0.3 is 5.97 Å². The Hall–Kier alpha value is -1.64. The highest BCUT2D eigenvalue weighted by atomic mass is 16.5. The second-order valence-electron chi connectivity index (χ2n) is 6.47. The maximum atomic E-state index is 12.1. The lowest BCUT2D eigenvalue weighted by molar-refractivity contribution is -0.149. The third kappa shape index (κ3) is 3.93. The maximum Gasteiger partial charge on any atom is 0.379 e. The van der Waals surface area contributed by atoms with E-state index < -0.39 is 11.8 Å². The third-order valence-corrected chi connectivity index (χ3v) is 4.44. The number of hydrogen-bond donors (Lipinski definition) is 0. The van der Waals surface area contributed by atoms with Crippen molar-refractivity contribution in [2.24, 2.45) is 17.8 Å². The highest BCUT2D eigenvalue weighted by Gasteiger charge is 2.34. The number of carbonyl (C=O) groups is 2. The van der Waals surface area contributed by atoms with Crippen LogP contribution in [0.15, 0.2) is 30.3 Å². The largest absolute Gasteiger partial charge is 0.456 e. The lowest BCUT2D eigenvalue weighted by Crippen LogP contribution is -2.37. The topological polar surface area (TPSA) is 43.4 Å². The van der Waals surface area contributed by atoms with Gasteiger partial charge in [-0.3, -0.25) is 4.79 Å². The van der Waals surface area contributed by atoms with E-state index in [9.17, 15) is 9.59 Å². The van der Waals surface area contributed by atoms with E-state index in [0.717, 1.165) is 12.8 Å². The summed E-state index contributed by atoms with van der Waals surface area (Å²) < 4.78 is 5.56. The number of rotatable bonds is 4. The summed E-state index contributed by atoms with van der Waals surface area (Å²) in [6.07, 6.45) is 2.96. The number of esters is 1. The van der Waals surface area contributed by atoms with Crippen LogP contribution in [-0.2, 0) is 9.53 Å². The zero-order chi connectivity index (χ0) is 15.4. The van der Waals surface area contributed by atoms with Crippen LogP contribution in [0.5, 0.6) is 0 Å². The van der Waals surface area contributed by atoms with E-state index in [1.165, 1.54) is 6.42 Å². The molecule has 0 saturated heterocycles. The number of hydrogen-bond acceptors (Lipinski definition) is 3. The van der Waals surface area contributed by atoms with E-state index in [1.807, 2.05) is 6.07 Å². The molecule has 0 aromatic heterocycles. The van der Waals surface area contributed by atoms with Crippen molar-refractivity contribution in [2.75, 3.05) is 0 Å². The number of Topliss-reactive ketones (excluding diaryl/α,β-unsaturated/α-hetero) is 1. The predicted octanol–water partition coefficient (Wildman–Crippen LogP) is 3.87. The van der Waals surface area contributed by atoms with Crippen LogP contribution in [0.4, 0.5) is 0 Å². The molecule has 0 heterocycles. The van der Waals surface area contributed by atoms with Gasteiger partial charge in [0.25, 0.3) is 5.78 Å². The van der Waals surface area contributed by atoms with Crippen LogP contribution in [0.3, 0.4) is 0 Å². The van der Waals surface area contributed by atoms with Gasteiger partial charge in [0.05, 0.1) is 0 Å². The fourth-order valence-electron chi connectivity index (χ4n) is 3.15. The third-order valence-electron chi connectivity index (χ3n) is 4.44. The molecular weight excluding hydrogens is 264 g/mol. The molecule has 3 nitrogen and oxygen atoms in total. The number of carbonyl (C=O) groups excluding carboxylic acids is 2. The molecule has 1 aromatic carbocycles. The van der Waals surface area contributed by atoms with Crippen LogP contribution in [-0.4, -0.2) is 17.9 Å². The van der Waals surface area contributed by atoms with Crippen molar-refractivity contribution in [3.8, 4) is 0 Å². The first-order chi connectivity index (χ1) is 9.99. The molecule has 0 amide bonds. The van der Waals surface area contributed by atoms with Crippen molar-refractivity contribution in [1.82, 2.24) is 0 Å². The fraction of sp³-hybridized carbons (Fsp3) is 0.556. The summed E-state index contributed by atoms with van der Waals surface area (Å²) in [5.41, 5.74) is 0.396. The monoisotopic (exact) mass is 288 g/mol. The molecule has 0 spiro atoms. The summed E-state index contributed by atoms with van der Waals surface area (Å²) in [4.78, 5) is 24.2. The molecule has 1 aromatic rings. The van der Waals surface area contributed by atoms with Crippen molar-refractivity contribution in [3.63, 3.8) is 0 Å². The fourth-order valence-corrected chi connectivity index (χ4v) is 3.15. The molecule has 1 saturated carbocycles. The van der Waals surface area contributed by atoms with E-state index in [-0.39, 0.29) is 6.10 Å². The van der Waals surface area contributed by atoms with E-state index in [2.05, 4.69) is 20.8 Å². The van der Waals surface area contributed by atoms with Gasteiger partial charge in [-0.2, -0.15) is 0 Å². The van der Waals surface area contributed by atoms with Gasteiger partial charge in [0, 0.05) is 5.56 Å². The van der Waals surface area contributed by atoms with E-state index in [0.29, 0.717) is 23.3 Å². The highest BCUT2D eigenvalue weighted by molar-refractivity contribution is 6.40. The standard InChI is InChI=1S/C18H24O3/c1-12(2)15-10-9-13(3)11-16(15)21-18(20)17(19)14-7-5-4-6-8-14/h4-8,12-13,15-16H,9-11H2,1-3H3/t13-,15+,16+/m0/s1. The number of benzene rings is 1. The van der Waals surface area contributed by atoms with Crippen molar-refractivity contribution >= 4 is 11.8 Å². The van der Waals surface area contributed by atoms with Crippen molar-refractivity contribution < 1.29 is 14.3 Å². The first kappa shape index (κ1) is 15.7. The van der Waals surface area contributed by atoms with Crippen molar-refractivity contribution in [2.45, 2.75) is 46.1 Å². The van der Waals surface area contributed by atoms with Gasteiger partial charge in [-0.15, -0.1) is 0 Å². The molecule has 1 fully saturated rings. The first-order valence-electron chi connectivity index (χ1n) is 7.79. The number of ketones is 1. The lowest BCUT2D eigenvalue weighted by Gasteiger charge is -2.36. The van der Waals surface area contributed by atoms with Gasteiger partial charge in [0.1, 0.15) is 6.10 Å². The summed E-state index contributed by atoms with van der Waals surface area (Å²) in [7, 11) is 0. The first-order valence-corrected chi connectivity index (χ1v) is 7.79. The molecule has 2 rings (SSSR count). The zero-order valence-corrected chi connectivity index (χ0v) is 13.0. The van der Waals surface area contributed by atoms with Gasteiger partial charge in [0.2, 0.25) is 0 Å². The summed E-state index contributed by atoms with van der Waals surface area (Å²) in [6, 6.07) is 8.61. The van der Waals surface area contributed by atoms with Crippen molar-refractivity contribution in [1.29, 1.82) is 0 Å². The summed E-state index contributed by atoms with van der Waals surface area (Å²) in [5.74, 6) is 0.0998.